The van der Waals surface area contributed by atoms with Crippen molar-refractivity contribution in [1.82, 2.24) is 5.32 Å². The molecule has 0 amide bonds. The molecule has 0 saturated heterocycles. The van der Waals surface area contributed by atoms with Crippen molar-refractivity contribution in [3.05, 3.63) is 69.7 Å². The fraction of sp³-hybridized carbons (Fsp3) is 0.250. The number of benzene rings is 2. The third-order valence-electron chi connectivity index (χ3n) is 3.03. The maximum atomic E-state index is 6.07. The van der Waals surface area contributed by atoms with Crippen LogP contribution in [0.2, 0.25) is 10.0 Å². The minimum atomic E-state index is 0.252. The SMILES string of the molecule is CCNC(Cc1cccc(Cl)c1)c1cccc(Cl)c1. The average Bonchev–Trinajstić information content (AvgIpc) is 2.38. The van der Waals surface area contributed by atoms with E-state index in [-0.39, 0.29) is 6.04 Å². The van der Waals surface area contributed by atoms with Gasteiger partial charge in [0.05, 0.1) is 0 Å². The van der Waals surface area contributed by atoms with Crippen LogP contribution < -0.4 is 5.32 Å². The van der Waals surface area contributed by atoms with Gasteiger partial charge in [-0.1, -0.05) is 54.4 Å². The summed E-state index contributed by atoms with van der Waals surface area (Å²) in [4.78, 5) is 0. The van der Waals surface area contributed by atoms with E-state index in [1.54, 1.807) is 0 Å². The van der Waals surface area contributed by atoms with E-state index in [0.29, 0.717) is 0 Å². The first-order valence-electron chi connectivity index (χ1n) is 6.42. The molecule has 1 N–H and O–H groups in total. The molecule has 2 aromatic carbocycles. The number of halogens is 2. The molecule has 0 heterocycles. The Morgan fingerprint density at radius 1 is 1.00 bits per heavy atom. The summed E-state index contributed by atoms with van der Waals surface area (Å²) in [5.41, 5.74) is 2.42. The molecule has 0 aliphatic heterocycles. The largest absolute Gasteiger partial charge is 0.310 e. The molecule has 19 heavy (non-hydrogen) atoms. The summed E-state index contributed by atoms with van der Waals surface area (Å²) in [7, 11) is 0. The molecule has 2 rings (SSSR count). The number of likely N-dealkylation sites (N-methyl/N-ethyl adjacent to an activating group) is 1. The van der Waals surface area contributed by atoms with Gasteiger partial charge in [-0.3, -0.25) is 0 Å². The predicted octanol–water partition coefficient (Wildman–Crippen LogP) is 4.89. The van der Waals surface area contributed by atoms with Crippen molar-refractivity contribution in [2.24, 2.45) is 0 Å². The normalized spacial score (nSPS) is 12.4. The first-order valence-corrected chi connectivity index (χ1v) is 7.18. The van der Waals surface area contributed by atoms with Crippen LogP contribution in [-0.2, 0) is 6.42 Å². The molecular formula is C16H17Cl2N. The summed E-state index contributed by atoms with van der Waals surface area (Å²) < 4.78 is 0. The molecular weight excluding hydrogens is 277 g/mol. The Bertz CT molecular complexity index is 540. The zero-order chi connectivity index (χ0) is 13.7. The van der Waals surface area contributed by atoms with Crippen LogP contribution in [0.25, 0.3) is 0 Å². The van der Waals surface area contributed by atoms with E-state index >= 15 is 0 Å². The van der Waals surface area contributed by atoms with Gasteiger partial charge in [-0.25, -0.2) is 0 Å². The van der Waals surface area contributed by atoms with Crippen molar-refractivity contribution >= 4 is 23.2 Å². The van der Waals surface area contributed by atoms with Gasteiger partial charge >= 0.3 is 0 Å². The lowest BCUT2D eigenvalue weighted by Crippen LogP contribution is -2.22. The molecule has 3 heteroatoms. The van der Waals surface area contributed by atoms with Crippen molar-refractivity contribution < 1.29 is 0 Å². The van der Waals surface area contributed by atoms with E-state index < -0.39 is 0 Å². The van der Waals surface area contributed by atoms with Gasteiger partial charge in [-0.2, -0.15) is 0 Å². The van der Waals surface area contributed by atoms with Crippen LogP contribution in [0.3, 0.4) is 0 Å². The average molecular weight is 294 g/mol. The van der Waals surface area contributed by atoms with Gasteiger partial charge in [0.1, 0.15) is 0 Å². The lowest BCUT2D eigenvalue weighted by atomic mass is 9.99. The van der Waals surface area contributed by atoms with Crippen LogP contribution in [0.1, 0.15) is 24.1 Å². The second-order valence-corrected chi connectivity index (χ2v) is 5.37. The zero-order valence-electron chi connectivity index (χ0n) is 10.9. The molecule has 0 spiro atoms. The van der Waals surface area contributed by atoms with Crippen LogP contribution >= 0.6 is 23.2 Å². The number of nitrogens with one attached hydrogen (secondary N) is 1. The van der Waals surface area contributed by atoms with Crippen LogP contribution in [-0.4, -0.2) is 6.54 Å². The molecule has 1 atom stereocenters. The molecule has 0 aliphatic rings. The minimum absolute atomic E-state index is 0.252. The van der Waals surface area contributed by atoms with Crippen LogP contribution in [0.15, 0.2) is 48.5 Å². The molecule has 100 valence electrons. The highest BCUT2D eigenvalue weighted by Gasteiger charge is 2.11. The first-order chi connectivity index (χ1) is 9.19. The van der Waals surface area contributed by atoms with Crippen LogP contribution in [0.5, 0.6) is 0 Å². The second kappa shape index (κ2) is 6.95. The van der Waals surface area contributed by atoms with Gasteiger partial charge in [-0.15, -0.1) is 0 Å². The fourth-order valence-corrected chi connectivity index (χ4v) is 2.59. The minimum Gasteiger partial charge on any atom is -0.310 e. The van der Waals surface area contributed by atoms with Gasteiger partial charge < -0.3 is 5.32 Å². The van der Waals surface area contributed by atoms with Crippen molar-refractivity contribution in [2.75, 3.05) is 6.54 Å². The van der Waals surface area contributed by atoms with Crippen LogP contribution in [0.4, 0.5) is 0 Å². The van der Waals surface area contributed by atoms with Crippen LogP contribution in [0, 0.1) is 0 Å². The van der Waals surface area contributed by atoms with Crippen molar-refractivity contribution in [3.8, 4) is 0 Å². The number of hydrogen-bond donors (Lipinski definition) is 1. The van der Waals surface area contributed by atoms with Gasteiger partial charge in [0.15, 0.2) is 0 Å². The zero-order valence-corrected chi connectivity index (χ0v) is 12.4. The summed E-state index contributed by atoms with van der Waals surface area (Å²) in [6.45, 7) is 3.02. The second-order valence-electron chi connectivity index (χ2n) is 4.50. The molecule has 2 aromatic rings. The predicted molar refractivity (Wildman–Crippen MR) is 83.0 cm³/mol. The first kappa shape index (κ1) is 14.4. The Kier molecular flexibility index (Phi) is 5.26. The lowest BCUT2D eigenvalue weighted by molar-refractivity contribution is 0.550. The number of hydrogen-bond acceptors (Lipinski definition) is 1. The van der Waals surface area contributed by atoms with Crippen molar-refractivity contribution in [2.45, 2.75) is 19.4 Å². The van der Waals surface area contributed by atoms with E-state index in [1.807, 2.05) is 36.4 Å². The monoisotopic (exact) mass is 293 g/mol. The van der Waals surface area contributed by atoms with Gasteiger partial charge in [0.2, 0.25) is 0 Å². The Morgan fingerprint density at radius 2 is 1.68 bits per heavy atom. The third kappa shape index (κ3) is 4.24. The summed E-state index contributed by atoms with van der Waals surface area (Å²) in [6.07, 6.45) is 0.898. The lowest BCUT2D eigenvalue weighted by Gasteiger charge is -2.19. The fourth-order valence-electron chi connectivity index (χ4n) is 2.18. The number of rotatable bonds is 5. The van der Waals surface area contributed by atoms with E-state index in [1.165, 1.54) is 11.1 Å². The molecule has 0 aliphatic carbocycles. The summed E-state index contributed by atoms with van der Waals surface area (Å²) in [5.74, 6) is 0. The standard InChI is InChI=1S/C16H17Cl2N/c1-2-19-16(13-6-4-8-15(18)11-13)10-12-5-3-7-14(17)9-12/h3-9,11,16,19H,2,10H2,1H3. The Labute approximate surface area is 124 Å². The smallest absolute Gasteiger partial charge is 0.0409 e. The third-order valence-corrected chi connectivity index (χ3v) is 3.50. The maximum absolute atomic E-state index is 6.07. The molecule has 0 fully saturated rings. The Morgan fingerprint density at radius 3 is 2.32 bits per heavy atom. The highest BCUT2D eigenvalue weighted by Crippen LogP contribution is 2.22. The van der Waals surface area contributed by atoms with Gasteiger partial charge in [0.25, 0.3) is 0 Å². The molecule has 1 nitrogen and oxygen atoms in total. The molecule has 0 saturated carbocycles. The Hall–Kier alpha value is -1.02. The summed E-state index contributed by atoms with van der Waals surface area (Å²) in [5, 5.41) is 5.04. The molecule has 0 bridgehead atoms. The highest BCUT2D eigenvalue weighted by atomic mass is 35.5. The molecule has 0 radical (unpaired) electrons. The summed E-state index contributed by atoms with van der Waals surface area (Å²) in [6, 6.07) is 16.2. The highest BCUT2D eigenvalue weighted by molar-refractivity contribution is 6.30. The van der Waals surface area contributed by atoms with E-state index in [2.05, 4.69) is 24.4 Å². The van der Waals surface area contributed by atoms with Gasteiger partial charge in [-0.05, 0) is 48.4 Å². The van der Waals surface area contributed by atoms with E-state index in [4.69, 9.17) is 23.2 Å². The quantitative estimate of drug-likeness (QED) is 0.828. The van der Waals surface area contributed by atoms with E-state index in [9.17, 15) is 0 Å². The molecule has 0 aromatic heterocycles. The van der Waals surface area contributed by atoms with Gasteiger partial charge in [0, 0.05) is 16.1 Å². The van der Waals surface area contributed by atoms with E-state index in [0.717, 1.165) is 23.0 Å². The summed E-state index contributed by atoms with van der Waals surface area (Å²) >= 11 is 12.1. The van der Waals surface area contributed by atoms with Crippen molar-refractivity contribution in [1.29, 1.82) is 0 Å². The topological polar surface area (TPSA) is 12.0 Å². The van der Waals surface area contributed by atoms with Crippen molar-refractivity contribution in [3.63, 3.8) is 0 Å². The Balaban J connectivity index is 2.21. The maximum Gasteiger partial charge on any atom is 0.0409 e. The molecule has 1 unspecified atom stereocenters.